The SMILES string of the molecule is COc1ccc(-c2sc3cc(OC)ccc3c2C(=O)c2ccc(CCCN3CCCCC3)cc2)cc1. The van der Waals surface area contributed by atoms with E-state index in [1.807, 2.05) is 54.6 Å². The average molecular weight is 500 g/mol. The predicted octanol–water partition coefficient (Wildman–Crippen LogP) is 7.24. The van der Waals surface area contributed by atoms with Gasteiger partial charge in [-0.25, -0.2) is 0 Å². The van der Waals surface area contributed by atoms with Gasteiger partial charge >= 0.3 is 0 Å². The Kier molecular flexibility index (Phi) is 7.69. The molecule has 186 valence electrons. The van der Waals surface area contributed by atoms with Crippen molar-refractivity contribution in [2.75, 3.05) is 33.9 Å². The highest BCUT2D eigenvalue weighted by atomic mass is 32.1. The molecule has 0 atom stereocenters. The molecule has 0 amide bonds. The quantitative estimate of drug-likeness (QED) is 0.228. The highest BCUT2D eigenvalue weighted by Gasteiger charge is 2.22. The summed E-state index contributed by atoms with van der Waals surface area (Å²) in [7, 11) is 3.33. The molecule has 5 rings (SSSR count). The lowest BCUT2D eigenvalue weighted by Gasteiger charge is -2.26. The number of hydrogen-bond donors (Lipinski definition) is 0. The number of thiophene rings is 1. The fourth-order valence-electron chi connectivity index (χ4n) is 5.03. The average Bonchev–Trinajstić information content (AvgIpc) is 3.32. The smallest absolute Gasteiger partial charge is 0.195 e. The van der Waals surface area contributed by atoms with Crippen LogP contribution < -0.4 is 9.47 Å². The highest BCUT2D eigenvalue weighted by molar-refractivity contribution is 7.22. The van der Waals surface area contributed by atoms with Gasteiger partial charge in [0.1, 0.15) is 11.5 Å². The summed E-state index contributed by atoms with van der Waals surface area (Å²) in [5.41, 5.74) is 3.77. The summed E-state index contributed by atoms with van der Waals surface area (Å²) in [5, 5.41) is 0.960. The van der Waals surface area contributed by atoms with E-state index in [1.165, 1.54) is 37.9 Å². The fourth-order valence-corrected chi connectivity index (χ4v) is 6.27. The third-order valence-corrected chi connectivity index (χ3v) is 8.28. The first-order valence-electron chi connectivity index (χ1n) is 12.8. The maximum absolute atomic E-state index is 13.9. The second kappa shape index (κ2) is 11.3. The van der Waals surface area contributed by atoms with Crippen molar-refractivity contribution in [1.82, 2.24) is 4.90 Å². The van der Waals surface area contributed by atoms with E-state index in [2.05, 4.69) is 17.0 Å². The van der Waals surface area contributed by atoms with E-state index >= 15 is 0 Å². The minimum Gasteiger partial charge on any atom is -0.497 e. The predicted molar refractivity (Wildman–Crippen MR) is 149 cm³/mol. The van der Waals surface area contributed by atoms with Crippen LogP contribution in [-0.4, -0.2) is 44.5 Å². The van der Waals surface area contributed by atoms with Crippen molar-refractivity contribution in [2.45, 2.75) is 32.1 Å². The number of rotatable bonds is 9. The number of nitrogens with zero attached hydrogens (tertiary/aromatic N) is 1. The van der Waals surface area contributed by atoms with Gasteiger partial charge in [0.25, 0.3) is 0 Å². The van der Waals surface area contributed by atoms with Gasteiger partial charge in [-0.2, -0.15) is 0 Å². The lowest BCUT2D eigenvalue weighted by atomic mass is 9.96. The van der Waals surface area contributed by atoms with Crippen molar-refractivity contribution in [2.24, 2.45) is 0 Å². The number of benzene rings is 3. The summed E-state index contributed by atoms with van der Waals surface area (Å²) >= 11 is 1.62. The van der Waals surface area contributed by atoms with Crippen LogP contribution in [0, 0.1) is 0 Å². The van der Waals surface area contributed by atoms with Crippen molar-refractivity contribution in [3.63, 3.8) is 0 Å². The molecule has 4 nitrogen and oxygen atoms in total. The van der Waals surface area contributed by atoms with Gasteiger partial charge in [-0.3, -0.25) is 4.79 Å². The van der Waals surface area contributed by atoms with E-state index in [-0.39, 0.29) is 5.78 Å². The van der Waals surface area contributed by atoms with Gasteiger partial charge in [0.05, 0.1) is 14.2 Å². The molecule has 3 aromatic carbocycles. The molecule has 0 saturated carbocycles. The van der Waals surface area contributed by atoms with E-state index in [4.69, 9.17) is 9.47 Å². The topological polar surface area (TPSA) is 38.8 Å². The summed E-state index contributed by atoms with van der Waals surface area (Å²) < 4.78 is 11.8. The molecule has 0 N–H and O–H groups in total. The molecule has 1 saturated heterocycles. The van der Waals surface area contributed by atoms with Crippen LogP contribution in [0.5, 0.6) is 11.5 Å². The van der Waals surface area contributed by atoms with Gasteiger partial charge in [0.2, 0.25) is 0 Å². The van der Waals surface area contributed by atoms with Crippen LogP contribution in [-0.2, 0) is 6.42 Å². The summed E-state index contributed by atoms with van der Waals surface area (Å²) in [6, 6.07) is 22.1. The summed E-state index contributed by atoms with van der Waals surface area (Å²) in [6.45, 7) is 3.64. The monoisotopic (exact) mass is 499 g/mol. The zero-order valence-corrected chi connectivity index (χ0v) is 21.9. The number of carbonyl (C=O) groups excluding carboxylic acids is 1. The van der Waals surface area contributed by atoms with Gasteiger partial charge in [0, 0.05) is 26.1 Å². The molecule has 1 aliphatic heterocycles. The number of piperidine rings is 1. The first-order chi connectivity index (χ1) is 17.7. The van der Waals surface area contributed by atoms with Gasteiger partial charge in [-0.15, -0.1) is 11.3 Å². The number of methoxy groups -OCH3 is 2. The lowest BCUT2D eigenvalue weighted by molar-refractivity contribution is 0.104. The normalized spacial score (nSPS) is 14.2. The Bertz CT molecular complexity index is 1320. The van der Waals surface area contributed by atoms with Gasteiger partial charge in [-0.1, -0.05) is 30.7 Å². The molecule has 0 bridgehead atoms. The molecule has 0 aliphatic carbocycles. The first-order valence-corrected chi connectivity index (χ1v) is 13.6. The Hall–Kier alpha value is -3.15. The van der Waals surface area contributed by atoms with Crippen LogP contribution in [0.3, 0.4) is 0 Å². The molecule has 0 spiro atoms. The molecular formula is C31H33NO3S. The van der Waals surface area contributed by atoms with Crippen molar-refractivity contribution in [1.29, 1.82) is 0 Å². The number of ketones is 1. The third kappa shape index (κ3) is 5.32. The van der Waals surface area contributed by atoms with Crippen molar-refractivity contribution in [3.05, 3.63) is 83.4 Å². The second-order valence-corrected chi connectivity index (χ2v) is 10.5. The number of aryl methyl sites for hydroxylation is 1. The van der Waals surface area contributed by atoms with E-state index in [1.54, 1.807) is 25.6 Å². The molecular weight excluding hydrogens is 466 g/mol. The molecule has 2 heterocycles. The zero-order chi connectivity index (χ0) is 24.9. The maximum atomic E-state index is 13.9. The van der Waals surface area contributed by atoms with Crippen LogP contribution in [0.1, 0.15) is 47.2 Å². The van der Waals surface area contributed by atoms with Gasteiger partial charge in [-0.05, 0) is 98.9 Å². The molecule has 5 heteroatoms. The highest BCUT2D eigenvalue weighted by Crippen LogP contribution is 2.41. The fraction of sp³-hybridized carbons (Fsp3) is 0.323. The van der Waals surface area contributed by atoms with Crippen LogP contribution >= 0.6 is 11.3 Å². The number of likely N-dealkylation sites (tertiary alicyclic amines) is 1. The standard InChI is InChI=1S/C31H33NO3S/c1-34-25-14-12-24(13-15-25)31-29(27-17-16-26(35-2)21-28(27)36-31)30(33)23-10-8-22(9-11-23)7-6-20-32-18-4-3-5-19-32/h8-17,21H,3-7,18-20H2,1-2H3. The Morgan fingerprint density at radius 1 is 0.861 bits per heavy atom. The van der Waals surface area contributed by atoms with E-state index in [9.17, 15) is 4.79 Å². The molecule has 1 fully saturated rings. The zero-order valence-electron chi connectivity index (χ0n) is 21.1. The maximum Gasteiger partial charge on any atom is 0.195 e. The summed E-state index contributed by atoms with van der Waals surface area (Å²) in [4.78, 5) is 17.4. The number of ether oxygens (including phenoxy) is 2. The van der Waals surface area contributed by atoms with Crippen molar-refractivity contribution in [3.8, 4) is 21.9 Å². The van der Waals surface area contributed by atoms with Crippen LogP contribution in [0.25, 0.3) is 20.5 Å². The van der Waals surface area contributed by atoms with Gasteiger partial charge in [0.15, 0.2) is 5.78 Å². The number of hydrogen-bond acceptors (Lipinski definition) is 5. The Morgan fingerprint density at radius 3 is 2.25 bits per heavy atom. The van der Waals surface area contributed by atoms with Gasteiger partial charge < -0.3 is 14.4 Å². The minimum absolute atomic E-state index is 0.0529. The Morgan fingerprint density at radius 2 is 1.56 bits per heavy atom. The Labute approximate surface area is 217 Å². The second-order valence-electron chi connectivity index (χ2n) is 9.43. The van der Waals surface area contributed by atoms with Crippen molar-refractivity contribution < 1.29 is 14.3 Å². The third-order valence-electron chi connectivity index (χ3n) is 7.08. The number of carbonyl (C=O) groups is 1. The van der Waals surface area contributed by atoms with E-state index < -0.39 is 0 Å². The van der Waals surface area contributed by atoms with E-state index in [0.717, 1.165) is 62.5 Å². The Balaban J connectivity index is 1.40. The van der Waals surface area contributed by atoms with E-state index in [0.29, 0.717) is 0 Å². The molecule has 1 aliphatic rings. The summed E-state index contributed by atoms with van der Waals surface area (Å²) in [6.07, 6.45) is 6.24. The molecule has 1 aromatic heterocycles. The van der Waals surface area contributed by atoms with Crippen LogP contribution in [0.2, 0.25) is 0 Å². The van der Waals surface area contributed by atoms with Crippen LogP contribution in [0.15, 0.2) is 66.7 Å². The summed E-state index contributed by atoms with van der Waals surface area (Å²) in [5.74, 6) is 1.64. The molecule has 0 radical (unpaired) electrons. The molecule has 4 aromatic rings. The number of fused-ring (bicyclic) bond motifs is 1. The largest absolute Gasteiger partial charge is 0.497 e. The van der Waals surface area contributed by atoms with Crippen LogP contribution in [0.4, 0.5) is 0 Å². The molecule has 0 unspecified atom stereocenters. The van der Waals surface area contributed by atoms with Crippen molar-refractivity contribution >= 4 is 27.2 Å². The molecule has 36 heavy (non-hydrogen) atoms. The first kappa shape index (κ1) is 24.5. The lowest BCUT2D eigenvalue weighted by Crippen LogP contribution is -2.30. The minimum atomic E-state index is 0.0529.